The van der Waals surface area contributed by atoms with Crippen LogP contribution in [0, 0.1) is 16.7 Å². The van der Waals surface area contributed by atoms with Crippen molar-refractivity contribution in [1.82, 2.24) is 9.88 Å². The molecule has 0 unspecified atom stereocenters. The van der Waals surface area contributed by atoms with E-state index in [0.29, 0.717) is 36.7 Å². The van der Waals surface area contributed by atoms with Crippen molar-refractivity contribution in [1.29, 1.82) is 0 Å². The summed E-state index contributed by atoms with van der Waals surface area (Å²) in [5.74, 6) is 0.111. The van der Waals surface area contributed by atoms with Crippen LogP contribution in [0.15, 0.2) is 30.3 Å². The third-order valence-corrected chi connectivity index (χ3v) is 10.0. The zero-order chi connectivity index (χ0) is 26.1. The maximum Gasteiger partial charge on any atom is 0.236 e. The van der Waals surface area contributed by atoms with Gasteiger partial charge < -0.3 is 20.4 Å². The second-order valence-electron chi connectivity index (χ2n) is 10.8. The Morgan fingerprint density at radius 1 is 1.28 bits per heavy atom. The predicted octanol–water partition coefficient (Wildman–Crippen LogP) is 3.91. The van der Waals surface area contributed by atoms with Gasteiger partial charge in [-0.2, -0.15) is 11.8 Å². The lowest BCUT2D eigenvalue weighted by Crippen LogP contribution is -2.57. The highest BCUT2D eigenvalue weighted by atomic mass is 32.2. The molecule has 196 valence electrons. The number of nitrogens with one attached hydrogen (secondary N) is 1. The minimum absolute atomic E-state index is 0.0151. The number of anilines is 1. The first-order valence-corrected chi connectivity index (χ1v) is 14.7. The summed E-state index contributed by atoms with van der Waals surface area (Å²) in [5.41, 5.74) is 0.967. The third-order valence-electron chi connectivity index (χ3n) is 8.48. The standard InChI is InChI=1S/C27H37N3O4S2/c1-26-11-10-21(32)27(2,16-31)20(26)13-19-24(29-25(36-19)28-22(33)15-35-4)18(26)12-23(34)30(3)14-17-8-6-5-7-9-17/h5-9,18,20-21,31-32H,10-16H2,1-4H3,(H,28,29,33)/t18-,20+,21-,26+,27+/m1/s1. The highest BCUT2D eigenvalue weighted by molar-refractivity contribution is 7.99. The maximum atomic E-state index is 13.5. The average molecular weight is 532 g/mol. The molecule has 9 heteroatoms. The summed E-state index contributed by atoms with van der Waals surface area (Å²) in [5, 5.41) is 24.8. The van der Waals surface area contributed by atoms with Crippen molar-refractivity contribution in [2.45, 2.75) is 58.1 Å². The van der Waals surface area contributed by atoms with Crippen LogP contribution >= 0.6 is 23.1 Å². The lowest BCUT2D eigenvalue weighted by molar-refractivity contribution is -0.147. The molecule has 2 amide bonds. The summed E-state index contributed by atoms with van der Waals surface area (Å²) in [6, 6.07) is 9.93. The van der Waals surface area contributed by atoms with Crippen molar-refractivity contribution in [2.24, 2.45) is 16.7 Å². The maximum absolute atomic E-state index is 13.5. The second-order valence-corrected chi connectivity index (χ2v) is 12.7. The van der Waals surface area contributed by atoms with E-state index in [1.54, 1.807) is 4.90 Å². The van der Waals surface area contributed by atoms with Crippen LogP contribution in [0.4, 0.5) is 5.13 Å². The lowest BCUT2D eigenvalue weighted by Gasteiger charge is -2.58. The van der Waals surface area contributed by atoms with E-state index in [-0.39, 0.29) is 35.7 Å². The molecule has 5 atom stereocenters. The Morgan fingerprint density at radius 3 is 2.67 bits per heavy atom. The Morgan fingerprint density at radius 2 is 2.00 bits per heavy atom. The van der Waals surface area contributed by atoms with Gasteiger partial charge in [-0.05, 0) is 42.4 Å². The summed E-state index contributed by atoms with van der Waals surface area (Å²) in [6.45, 7) is 4.57. The zero-order valence-electron chi connectivity index (χ0n) is 21.5. The van der Waals surface area contributed by atoms with Crippen LogP contribution in [0.1, 0.15) is 55.2 Å². The van der Waals surface area contributed by atoms with E-state index in [4.69, 9.17) is 4.98 Å². The molecule has 1 aromatic carbocycles. The van der Waals surface area contributed by atoms with Gasteiger partial charge in [0.05, 0.1) is 24.2 Å². The zero-order valence-corrected chi connectivity index (χ0v) is 23.1. The highest BCUT2D eigenvalue weighted by Crippen LogP contribution is 2.62. The van der Waals surface area contributed by atoms with Crippen molar-refractivity contribution in [3.05, 3.63) is 46.5 Å². The summed E-state index contributed by atoms with van der Waals surface area (Å²) in [4.78, 5) is 33.5. The van der Waals surface area contributed by atoms with Gasteiger partial charge in [0.2, 0.25) is 11.8 Å². The smallest absolute Gasteiger partial charge is 0.236 e. The Labute approximate surface area is 221 Å². The van der Waals surface area contributed by atoms with Crippen molar-refractivity contribution in [3.8, 4) is 0 Å². The van der Waals surface area contributed by atoms with Crippen molar-refractivity contribution < 1.29 is 19.8 Å². The van der Waals surface area contributed by atoms with Gasteiger partial charge in [-0.1, -0.05) is 44.2 Å². The largest absolute Gasteiger partial charge is 0.396 e. The molecular weight excluding hydrogens is 494 g/mol. The Balaban J connectivity index is 1.67. The molecule has 1 aromatic heterocycles. The minimum atomic E-state index is -0.672. The van der Waals surface area contributed by atoms with Gasteiger partial charge in [0, 0.05) is 36.2 Å². The number of nitrogens with zero attached hydrogens (tertiary/aromatic N) is 2. The van der Waals surface area contributed by atoms with Crippen LogP contribution in [-0.4, -0.2) is 63.7 Å². The molecule has 1 heterocycles. The van der Waals surface area contributed by atoms with E-state index in [1.807, 2.05) is 50.6 Å². The first-order chi connectivity index (χ1) is 17.1. The number of aromatic nitrogens is 1. The molecule has 2 aliphatic rings. The minimum Gasteiger partial charge on any atom is -0.396 e. The molecule has 7 nitrogen and oxygen atoms in total. The van der Waals surface area contributed by atoms with Crippen LogP contribution in [0.3, 0.4) is 0 Å². The average Bonchev–Trinajstić information content (AvgIpc) is 3.25. The fraction of sp³-hybridized carbons (Fsp3) is 0.593. The lowest BCUT2D eigenvalue weighted by atomic mass is 9.47. The predicted molar refractivity (Wildman–Crippen MR) is 145 cm³/mol. The van der Waals surface area contributed by atoms with Crippen LogP contribution in [-0.2, 0) is 22.6 Å². The molecule has 0 saturated heterocycles. The number of carbonyl (C=O) groups is 2. The molecule has 4 rings (SSSR count). The molecule has 3 N–H and O–H groups in total. The van der Waals surface area contributed by atoms with Gasteiger partial charge in [0.1, 0.15) is 0 Å². The summed E-state index contributed by atoms with van der Waals surface area (Å²) in [6.07, 6.45) is 3.56. The first kappa shape index (κ1) is 27.1. The number of aliphatic hydroxyl groups is 2. The van der Waals surface area contributed by atoms with Crippen molar-refractivity contribution in [2.75, 3.05) is 31.0 Å². The Bertz CT molecular complexity index is 1090. The first-order valence-electron chi connectivity index (χ1n) is 12.5. The number of hydrogen-bond acceptors (Lipinski definition) is 7. The summed E-state index contributed by atoms with van der Waals surface area (Å²) in [7, 11) is 1.83. The molecule has 1 saturated carbocycles. The van der Waals surface area contributed by atoms with Crippen LogP contribution < -0.4 is 5.32 Å². The number of thiazole rings is 1. The van der Waals surface area contributed by atoms with Crippen LogP contribution in [0.5, 0.6) is 0 Å². The van der Waals surface area contributed by atoms with E-state index in [0.717, 1.165) is 22.6 Å². The van der Waals surface area contributed by atoms with E-state index in [1.165, 1.54) is 23.1 Å². The molecule has 2 aromatic rings. The Kier molecular flexibility index (Phi) is 8.14. The van der Waals surface area contributed by atoms with Crippen molar-refractivity contribution in [3.63, 3.8) is 0 Å². The molecule has 1 fully saturated rings. The van der Waals surface area contributed by atoms with E-state index >= 15 is 0 Å². The summed E-state index contributed by atoms with van der Waals surface area (Å²) >= 11 is 2.91. The molecular formula is C27H37N3O4S2. The molecule has 0 bridgehead atoms. The topological polar surface area (TPSA) is 103 Å². The number of benzene rings is 1. The van der Waals surface area contributed by atoms with E-state index in [2.05, 4.69) is 12.2 Å². The fourth-order valence-electron chi connectivity index (χ4n) is 6.26. The molecule has 2 aliphatic carbocycles. The number of fused-ring (bicyclic) bond motifs is 2. The molecule has 0 aliphatic heterocycles. The number of carbonyl (C=O) groups excluding carboxylic acids is 2. The third kappa shape index (κ3) is 5.08. The normalized spacial score (nSPS) is 29.2. The van der Waals surface area contributed by atoms with Crippen molar-refractivity contribution >= 4 is 40.0 Å². The molecule has 36 heavy (non-hydrogen) atoms. The van der Waals surface area contributed by atoms with Crippen LogP contribution in [0.2, 0.25) is 0 Å². The number of rotatable bonds is 8. The summed E-state index contributed by atoms with van der Waals surface area (Å²) < 4.78 is 0. The monoisotopic (exact) mass is 531 g/mol. The van der Waals surface area contributed by atoms with Gasteiger partial charge >= 0.3 is 0 Å². The number of aliphatic hydroxyl groups excluding tert-OH is 2. The molecule has 0 radical (unpaired) electrons. The van der Waals surface area contributed by atoms with Gasteiger partial charge in [-0.25, -0.2) is 4.98 Å². The number of thioether (sulfide) groups is 1. The quantitative estimate of drug-likeness (QED) is 0.477. The fourth-order valence-corrected chi connectivity index (χ4v) is 7.68. The van der Waals surface area contributed by atoms with Gasteiger partial charge in [-0.15, -0.1) is 11.3 Å². The molecule has 0 spiro atoms. The Hall–Kier alpha value is -1.94. The highest BCUT2D eigenvalue weighted by Gasteiger charge is 2.59. The number of hydrogen-bond donors (Lipinski definition) is 3. The van der Waals surface area contributed by atoms with Gasteiger partial charge in [0.25, 0.3) is 0 Å². The van der Waals surface area contributed by atoms with E-state index in [9.17, 15) is 19.8 Å². The number of amides is 2. The van der Waals surface area contributed by atoms with Crippen LogP contribution in [0.25, 0.3) is 0 Å². The second kappa shape index (κ2) is 10.8. The van der Waals surface area contributed by atoms with Gasteiger partial charge in [0.15, 0.2) is 5.13 Å². The van der Waals surface area contributed by atoms with Gasteiger partial charge in [-0.3, -0.25) is 9.59 Å². The SMILES string of the molecule is CSCC(=O)Nc1nc2c(s1)C[C@@H]1[C@](C)(CO)[C@H](O)CC[C@@]1(C)[C@@H]2CC(=O)N(C)Cc1ccccc1. The van der Waals surface area contributed by atoms with E-state index < -0.39 is 11.5 Å².